The van der Waals surface area contributed by atoms with E-state index in [1.807, 2.05) is 21.1 Å². The van der Waals surface area contributed by atoms with Crippen molar-refractivity contribution in [3.8, 4) is 6.07 Å². The minimum atomic E-state index is -4.49. The molecule has 0 bridgehead atoms. The van der Waals surface area contributed by atoms with Gasteiger partial charge in [-0.15, -0.1) is 0 Å². The van der Waals surface area contributed by atoms with Gasteiger partial charge in [-0.1, -0.05) is 12.1 Å². The number of carboxylic acids is 3. The number of pyridine rings is 1. The quantitative estimate of drug-likeness (QED) is 0.0204. The van der Waals surface area contributed by atoms with Gasteiger partial charge in [-0.2, -0.15) is 5.26 Å². The molecule has 2 fully saturated rings. The zero-order valence-corrected chi connectivity index (χ0v) is 61.0. The van der Waals surface area contributed by atoms with Gasteiger partial charge >= 0.3 is 25.7 Å². The summed E-state index contributed by atoms with van der Waals surface area (Å²) < 4.78 is 94.5. The summed E-state index contributed by atoms with van der Waals surface area (Å²) in [5.74, 6) is -10.1. The molecule has 3 atom stereocenters. The molecule has 105 heavy (non-hydrogen) atoms. The largest absolute Gasteiger partial charge is 0.480 e. The van der Waals surface area contributed by atoms with Crippen molar-refractivity contribution in [2.24, 2.45) is 0 Å². The maximum Gasteiger partial charge on any atom is 0.472 e. The molecule has 592 valence electrons. The van der Waals surface area contributed by atoms with Crippen molar-refractivity contribution in [1.29, 1.82) is 5.26 Å². The van der Waals surface area contributed by atoms with Crippen molar-refractivity contribution >= 4 is 77.8 Å². The van der Waals surface area contributed by atoms with Crippen LogP contribution in [0.25, 0.3) is 10.9 Å². The molecule has 2 aliphatic heterocycles. The summed E-state index contributed by atoms with van der Waals surface area (Å²) in [6.45, 7) is 2.84. The number of phosphoric ester groups is 1. The Labute approximate surface area is 608 Å². The third kappa shape index (κ3) is 40.9. The molecule has 2 saturated heterocycles. The number of quaternary nitrogens is 1. The van der Waals surface area contributed by atoms with Crippen LogP contribution in [0.3, 0.4) is 0 Å². The fourth-order valence-corrected chi connectivity index (χ4v) is 10.9. The second kappa shape index (κ2) is 50.4. The molecule has 6 amide bonds. The average Bonchev–Trinajstić information content (AvgIpc) is 1.77. The maximum absolute atomic E-state index is 13.8. The molecule has 4 rings (SSSR count). The highest BCUT2D eigenvalue weighted by Crippen LogP contribution is 2.42. The number of likely N-dealkylation sites (N-methyl/N-ethyl adjacent to an activating group) is 1. The zero-order chi connectivity index (χ0) is 76.9. The first-order valence-corrected chi connectivity index (χ1v) is 36.1. The van der Waals surface area contributed by atoms with Crippen LogP contribution in [-0.4, -0.2) is 377 Å². The minimum Gasteiger partial charge on any atom is -0.480 e. The average molecular weight is 1520 g/mol. The number of hydrogen-bond donors (Lipinski definition) is 9. The summed E-state index contributed by atoms with van der Waals surface area (Å²) in [4.78, 5) is 135. The number of ether oxygens (including phenoxy) is 8. The van der Waals surface area contributed by atoms with Crippen molar-refractivity contribution in [3.63, 3.8) is 0 Å². The van der Waals surface area contributed by atoms with Crippen molar-refractivity contribution in [2.75, 3.05) is 257 Å². The van der Waals surface area contributed by atoms with E-state index in [0.29, 0.717) is 99.9 Å². The number of carbonyl (C=O) groups is 9. The molecule has 0 radical (unpaired) electrons. The number of nitriles is 1. The second-order valence-corrected chi connectivity index (χ2v) is 26.8. The number of para-hydroxylation sites is 1. The molecule has 37 nitrogen and oxygen atoms in total. The third-order valence-corrected chi connectivity index (χ3v) is 16.7. The normalized spacial score (nSPS) is 16.6. The molecule has 0 saturated carbocycles. The minimum absolute atomic E-state index is 0.0111. The van der Waals surface area contributed by atoms with Gasteiger partial charge in [0.1, 0.15) is 31.8 Å². The summed E-state index contributed by atoms with van der Waals surface area (Å²) in [6.07, 6.45) is 1.39. The number of likely N-dealkylation sites (tertiary alicyclic amines) is 1. The van der Waals surface area contributed by atoms with Crippen LogP contribution in [0.5, 0.6) is 0 Å². The van der Waals surface area contributed by atoms with E-state index in [2.05, 4.69) is 31.6 Å². The fourth-order valence-electron chi connectivity index (χ4n) is 10.3. The Hall–Kier alpha value is -7.20. The number of anilines is 1. The van der Waals surface area contributed by atoms with Crippen LogP contribution < -0.4 is 26.6 Å². The number of alkyl halides is 2. The zero-order valence-electron chi connectivity index (χ0n) is 60.1. The van der Waals surface area contributed by atoms with Gasteiger partial charge in [-0.3, -0.25) is 76.8 Å². The molecular weight excluding hydrogens is 1420 g/mol. The van der Waals surface area contributed by atoms with Gasteiger partial charge in [-0.25, -0.2) is 13.3 Å². The number of nitrogens with one attached hydrogen (secondary N) is 5. The molecule has 40 heteroatoms. The van der Waals surface area contributed by atoms with E-state index in [4.69, 9.17) is 46.9 Å². The van der Waals surface area contributed by atoms with Gasteiger partial charge in [0.15, 0.2) is 0 Å². The number of aliphatic carboxylic acids is 3. The molecule has 2 aliphatic rings. The van der Waals surface area contributed by atoms with Crippen LogP contribution in [0.2, 0.25) is 0 Å². The smallest absolute Gasteiger partial charge is 0.472 e. The number of unbranched alkanes of at least 4 members (excludes halogenated alkanes) is 1. The molecule has 3 heterocycles. The summed E-state index contributed by atoms with van der Waals surface area (Å²) >= 11 is 0. The fraction of sp³-hybridized carbons (Fsp3) is 0.708. The van der Waals surface area contributed by atoms with Crippen LogP contribution in [-0.2, 0) is 89.9 Å². The molecule has 1 aromatic carbocycles. The van der Waals surface area contributed by atoms with E-state index in [-0.39, 0.29) is 169 Å². The standard InChI is InChI=1S/C65H104F2N13O24P/c1-80(2,3)23-26-103-105(93,94)104-48-57(83)69-12-5-4-8-54(74-56(82)44-75-15-17-76(45-59(85)86)19-21-78(47-61(89)90)22-20-77(18-16-75)46-60(87)88)64(92)71-14-25-96-28-30-98-32-34-100-36-38-102-40-39-101-37-35-99-33-31-97-29-27-95-24-11-55(81)73-53-9-6-7-51-52(10-13-70-62(51)53)63(91)72-43-58(84)79-49-65(66,67)41-50(79)42-68/h6-7,9-10,13,50,54H,4-5,8,11-12,14-41,43-49H2,1-3H3,(H8-,69,71,72,73,74,81,82,83,85,86,87,88,89,90,91,92,93,94)/p+1/t50-,54-/m0/s1. The Morgan fingerprint density at radius 3 is 1.59 bits per heavy atom. The van der Waals surface area contributed by atoms with E-state index < -0.39 is 99.4 Å². The third-order valence-electron chi connectivity index (χ3n) is 15.7. The number of carboxylic acid groups (broad SMARTS) is 3. The van der Waals surface area contributed by atoms with E-state index >= 15 is 0 Å². The van der Waals surface area contributed by atoms with Crippen LogP contribution in [0.1, 0.15) is 42.5 Å². The lowest BCUT2D eigenvalue weighted by Crippen LogP contribution is -2.52. The number of aromatic nitrogens is 1. The van der Waals surface area contributed by atoms with E-state index in [1.54, 1.807) is 43.9 Å². The highest BCUT2D eigenvalue weighted by Gasteiger charge is 2.47. The van der Waals surface area contributed by atoms with E-state index in [9.17, 15) is 82.0 Å². The topological polar surface area (TPSA) is 457 Å². The van der Waals surface area contributed by atoms with Gasteiger partial charge in [0.05, 0.1) is 195 Å². The first kappa shape index (κ1) is 90.2. The maximum atomic E-state index is 13.8. The number of amides is 6. The van der Waals surface area contributed by atoms with Gasteiger partial charge in [0.2, 0.25) is 29.5 Å². The number of phosphoric acid groups is 1. The SMILES string of the molecule is C[N+](C)(C)CCOP(=O)(O)OCC(=O)NCCCC[C@H](NC(=O)CN1CCN(CC(=O)O)CCN(CC(=O)O)CCN(CC(=O)O)CC1)C(=O)NCCOCCOCCOCCOCCOCCOCCOCCOCCC(=O)Nc1cccc2c(C(=O)NCC(=O)N3CC(F)(F)C[C@H]3C#N)ccnc12. The Morgan fingerprint density at radius 2 is 1.10 bits per heavy atom. The Kier molecular flexibility index (Phi) is 43.3. The van der Waals surface area contributed by atoms with E-state index in [1.165, 1.54) is 12.3 Å². The van der Waals surface area contributed by atoms with Crippen molar-refractivity contribution in [1.82, 2.24) is 50.8 Å². The number of rotatable bonds is 53. The van der Waals surface area contributed by atoms with Gasteiger partial charge in [-0.05, 0) is 31.4 Å². The second-order valence-electron chi connectivity index (χ2n) is 25.3. The van der Waals surface area contributed by atoms with Gasteiger partial charge in [0, 0.05) is 83.5 Å². The number of fused-ring (bicyclic) bond motifs is 1. The van der Waals surface area contributed by atoms with E-state index in [0.717, 1.165) is 4.90 Å². The molecule has 0 aliphatic carbocycles. The summed E-state index contributed by atoms with van der Waals surface area (Å²) in [5.41, 5.74) is 0.776. The number of carbonyl (C=O) groups excluding carboxylic acids is 6. The van der Waals surface area contributed by atoms with Crippen molar-refractivity contribution in [2.45, 2.75) is 50.1 Å². The highest BCUT2D eigenvalue weighted by molar-refractivity contribution is 7.47. The summed E-state index contributed by atoms with van der Waals surface area (Å²) in [5, 5.41) is 51.7. The number of benzene rings is 1. The monoisotopic (exact) mass is 1520 g/mol. The summed E-state index contributed by atoms with van der Waals surface area (Å²) in [6, 6.07) is 5.60. The summed E-state index contributed by atoms with van der Waals surface area (Å²) in [7, 11) is 1.12. The van der Waals surface area contributed by atoms with Gasteiger partial charge < -0.3 is 94.1 Å². The molecule has 0 spiro atoms. The number of hydrogen-bond acceptors (Lipinski definition) is 26. The molecular formula is C65H105F2N13O24P+. The molecule has 1 unspecified atom stereocenters. The van der Waals surface area contributed by atoms with Crippen LogP contribution in [0.15, 0.2) is 30.5 Å². The lowest BCUT2D eigenvalue weighted by atomic mass is 10.1. The number of halogens is 2. The number of nitrogens with zero attached hydrogens (tertiary/aromatic N) is 8. The van der Waals surface area contributed by atoms with Crippen LogP contribution in [0, 0.1) is 11.3 Å². The Bertz CT molecular complexity index is 3070. The molecule has 9 N–H and O–H groups in total. The van der Waals surface area contributed by atoms with Crippen molar-refractivity contribution in [3.05, 3.63) is 36.0 Å². The predicted octanol–water partition coefficient (Wildman–Crippen LogP) is -1.61. The van der Waals surface area contributed by atoms with Crippen LogP contribution >= 0.6 is 7.82 Å². The van der Waals surface area contributed by atoms with Crippen molar-refractivity contribution < 1.29 is 128 Å². The Morgan fingerprint density at radius 1 is 0.619 bits per heavy atom. The highest BCUT2D eigenvalue weighted by atomic mass is 31.2. The Balaban J connectivity index is 1.03. The molecule has 1 aromatic heterocycles. The lowest BCUT2D eigenvalue weighted by molar-refractivity contribution is -0.870. The first-order chi connectivity index (χ1) is 50.1. The molecule has 2 aromatic rings. The van der Waals surface area contributed by atoms with Gasteiger partial charge in [0.25, 0.3) is 11.8 Å². The van der Waals surface area contributed by atoms with Crippen LogP contribution in [0.4, 0.5) is 14.5 Å². The first-order valence-electron chi connectivity index (χ1n) is 34.6. The lowest BCUT2D eigenvalue weighted by Gasteiger charge is -2.33. The predicted molar refractivity (Wildman–Crippen MR) is 370 cm³/mol.